The Balaban J connectivity index is 2.51. The summed E-state index contributed by atoms with van der Waals surface area (Å²) in [5.41, 5.74) is 0.577. The fourth-order valence-corrected chi connectivity index (χ4v) is 2.24. The van der Waals surface area contributed by atoms with Gasteiger partial charge in [0.15, 0.2) is 13.1 Å². The highest BCUT2D eigenvalue weighted by atomic mass is 16.5. The van der Waals surface area contributed by atoms with Crippen LogP contribution in [0.4, 0.5) is 10.5 Å². The molecule has 0 spiro atoms. The van der Waals surface area contributed by atoms with E-state index in [0.29, 0.717) is 18.0 Å². The summed E-state index contributed by atoms with van der Waals surface area (Å²) in [5.74, 6) is -0.0886. The van der Waals surface area contributed by atoms with Crippen molar-refractivity contribution in [2.75, 3.05) is 32.1 Å². The maximum absolute atomic E-state index is 12.2. The number of methoxy groups -OCH3 is 1. The van der Waals surface area contributed by atoms with Crippen molar-refractivity contribution in [2.45, 2.75) is 33.2 Å². The first-order valence-corrected chi connectivity index (χ1v) is 8.76. The number of ether oxygens (including phenoxy) is 1. The number of hydrogen-bond donors (Lipinski definition) is 4. The molecule has 0 aliphatic rings. The number of hydrogen-bond acceptors (Lipinski definition) is 4. The normalized spacial score (nSPS) is 12.6. The number of urea groups is 1. The van der Waals surface area contributed by atoms with Crippen LogP contribution in [0.25, 0.3) is 0 Å². The van der Waals surface area contributed by atoms with Crippen LogP contribution in [-0.4, -0.2) is 50.6 Å². The molecule has 0 saturated carbocycles. The molecule has 4 amide bonds. The topological polar surface area (TPSA) is 101 Å². The number of anilines is 1. The van der Waals surface area contributed by atoms with E-state index in [4.69, 9.17) is 4.74 Å². The van der Waals surface area contributed by atoms with E-state index in [1.165, 1.54) is 7.11 Å². The van der Waals surface area contributed by atoms with Crippen molar-refractivity contribution in [3.63, 3.8) is 0 Å². The quantitative estimate of drug-likeness (QED) is 0.501. The predicted molar refractivity (Wildman–Crippen MR) is 99.3 cm³/mol. The molecule has 8 nitrogen and oxygen atoms in total. The van der Waals surface area contributed by atoms with E-state index in [0.717, 1.165) is 11.3 Å². The minimum Gasteiger partial charge on any atom is -0.495 e. The highest BCUT2D eigenvalue weighted by Crippen LogP contribution is 2.22. The fourth-order valence-electron chi connectivity index (χ4n) is 2.24. The molecule has 1 aromatic rings. The molecule has 0 aromatic heterocycles. The molecule has 0 fully saturated rings. The zero-order valence-electron chi connectivity index (χ0n) is 15.8. The predicted octanol–water partition coefficient (Wildman–Crippen LogP) is 0.163. The maximum atomic E-state index is 12.2. The van der Waals surface area contributed by atoms with Gasteiger partial charge in [0.25, 0.3) is 11.8 Å². The van der Waals surface area contributed by atoms with Gasteiger partial charge in [-0.15, -0.1) is 0 Å². The van der Waals surface area contributed by atoms with Crippen molar-refractivity contribution in [1.82, 2.24) is 10.6 Å². The summed E-state index contributed by atoms with van der Waals surface area (Å²) in [6, 6.07) is 6.58. The van der Waals surface area contributed by atoms with E-state index in [-0.39, 0.29) is 25.0 Å². The molecule has 0 aliphatic heterocycles. The molecule has 1 rings (SSSR count). The summed E-state index contributed by atoms with van der Waals surface area (Å²) in [6.07, 6.45) is 0.775. The van der Waals surface area contributed by atoms with Gasteiger partial charge < -0.3 is 20.3 Å². The molecule has 1 aromatic carbocycles. The van der Waals surface area contributed by atoms with Crippen LogP contribution in [0.3, 0.4) is 0 Å². The van der Waals surface area contributed by atoms with Crippen molar-refractivity contribution >= 4 is 23.5 Å². The molecule has 0 aliphatic carbocycles. The fraction of sp³-hybridized carbons (Fsp3) is 0.500. The second-order valence-electron chi connectivity index (χ2n) is 6.04. The third-order valence-corrected chi connectivity index (χ3v) is 3.94. The van der Waals surface area contributed by atoms with E-state index in [2.05, 4.69) is 16.0 Å². The van der Waals surface area contributed by atoms with Crippen molar-refractivity contribution in [3.8, 4) is 5.75 Å². The number of quaternary nitrogens is 1. The van der Waals surface area contributed by atoms with Crippen LogP contribution in [0.1, 0.15) is 27.2 Å². The molecule has 0 radical (unpaired) electrons. The molecule has 0 saturated heterocycles. The zero-order valence-corrected chi connectivity index (χ0v) is 15.8. The Kier molecular flexibility index (Phi) is 9.14. The molecule has 0 heterocycles. The van der Waals surface area contributed by atoms with Gasteiger partial charge in [-0.2, -0.15) is 0 Å². The Morgan fingerprint density at radius 3 is 2.38 bits per heavy atom. The monoisotopic (exact) mass is 365 g/mol. The van der Waals surface area contributed by atoms with E-state index in [1.54, 1.807) is 18.2 Å². The van der Waals surface area contributed by atoms with Gasteiger partial charge in [-0.25, -0.2) is 4.79 Å². The van der Waals surface area contributed by atoms with Crippen LogP contribution in [0.2, 0.25) is 0 Å². The summed E-state index contributed by atoms with van der Waals surface area (Å²) in [6.45, 7) is 6.38. The minimum atomic E-state index is -0.515. The van der Waals surface area contributed by atoms with Gasteiger partial charge in [0.1, 0.15) is 5.75 Å². The number of rotatable bonds is 9. The number of amides is 4. The Hall–Kier alpha value is -2.61. The van der Waals surface area contributed by atoms with Crippen molar-refractivity contribution in [3.05, 3.63) is 24.3 Å². The van der Waals surface area contributed by atoms with E-state index in [1.807, 2.05) is 26.8 Å². The van der Waals surface area contributed by atoms with Gasteiger partial charge in [-0.1, -0.05) is 19.1 Å². The lowest BCUT2D eigenvalue weighted by Gasteiger charge is -2.18. The summed E-state index contributed by atoms with van der Waals surface area (Å²) < 4.78 is 5.20. The lowest BCUT2D eigenvalue weighted by Crippen LogP contribution is -3.14. The average Bonchev–Trinajstić information content (AvgIpc) is 2.61. The van der Waals surface area contributed by atoms with Crippen molar-refractivity contribution in [2.24, 2.45) is 0 Å². The van der Waals surface area contributed by atoms with Gasteiger partial charge >= 0.3 is 6.03 Å². The van der Waals surface area contributed by atoms with Crippen molar-refractivity contribution < 1.29 is 24.0 Å². The smallest absolute Gasteiger partial charge is 0.321 e. The van der Waals surface area contributed by atoms with Crippen LogP contribution in [0, 0.1) is 0 Å². The summed E-state index contributed by atoms with van der Waals surface area (Å²) in [7, 11) is 1.53. The summed E-state index contributed by atoms with van der Waals surface area (Å²) >= 11 is 0. The van der Waals surface area contributed by atoms with Gasteiger partial charge in [-0.3, -0.25) is 14.9 Å². The molecule has 26 heavy (non-hydrogen) atoms. The molecule has 4 N–H and O–H groups in total. The number of carbonyl (C=O) groups is 3. The molecular weight excluding hydrogens is 336 g/mol. The van der Waals surface area contributed by atoms with Gasteiger partial charge in [-0.05, 0) is 32.4 Å². The zero-order chi connectivity index (χ0) is 19.5. The van der Waals surface area contributed by atoms with Crippen LogP contribution in [0.5, 0.6) is 5.75 Å². The van der Waals surface area contributed by atoms with Crippen LogP contribution in [0.15, 0.2) is 24.3 Å². The first kappa shape index (κ1) is 21.4. The van der Waals surface area contributed by atoms with Crippen LogP contribution in [-0.2, 0) is 9.59 Å². The summed E-state index contributed by atoms with van der Waals surface area (Å²) in [4.78, 5) is 36.7. The first-order valence-electron chi connectivity index (χ1n) is 8.76. The number of imide groups is 1. The van der Waals surface area contributed by atoms with Crippen molar-refractivity contribution in [1.29, 1.82) is 0 Å². The minimum absolute atomic E-state index is 0.0101. The second kappa shape index (κ2) is 11.1. The average molecular weight is 365 g/mol. The molecule has 8 heteroatoms. The lowest BCUT2D eigenvalue weighted by atomic mass is 10.3. The van der Waals surface area contributed by atoms with E-state index in [9.17, 15) is 14.4 Å². The third-order valence-electron chi connectivity index (χ3n) is 3.94. The maximum Gasteiger partial charge on any atom is 0.321 e. The molecule has 2 atom stereocenters. The Labute approximate surface area is 154 Å². The third kappa shape index (κ3) is 7.52. The Morgan fingerprint density at radius 1 is 1.12 bits per heavy atom. The van der Waals surface area contributed by atoms with Gasteiger partial charge in [0.05, 0.1) is 19.3 Å². The first-order chi connectivity index (χ1) is 12.4. The highest BCUT2D eigenvalue weighted by Gasteiger charge is 2.19. The van der Waals surface area contributed by atoms with E-state index < -0.39 is 11.9 Å². The SMILES string of the molecule is CC[C@@H](C)NC(=O)NC(=O)C[NH+](CC)CC(=O)Nc1ccccc1OC. The number of likely N-dealkylation sites (N-methyl/N-ethyl adjacent to an activating group) is 1. The second-order valence-corrected chi connectivity index (χ2v) is 6.04. The Morgan fingerprint density at radius 2 is 1.77 bits per heavy atom. The molecule has 144 valence electrons. The van der Waals surface area contributed by atoms with Crippen LogP contribution < -0.4 is 25.6 Å². The number of nitrogens with one attached hydrogen (secondary N) is 4. The molecule has 1 unspecified atom stereocenters. The van der Waals surface area contributed by atoms with Crippen LogP contribution >= 0.6 is 0 Å². The molecule has 0 bridgehead atoms. The Bertz CT molecular complexity index is 621. The van der Waals surface area contributed by atoms with Gasteiger partial charge in [0.2, 0.25) is 0 Å². The standard InChI is InChI=1S/C18H28N4O4/c1-5-13(3)19-18(25)21-17(24)12-22(6-2)11-16(23)20-14-9-7-8-10-15(14)26-4/h7-10,13H,5-6,11-12H2,1-4H3,(H,20,23)(H2,19,21,24,25)/p+1/t13-/m1/s1. The van der Waals surface area contributed by atoms with Gasteiger partial charge in [0, 0.05) is 6.04 Å². The highest BCUT2D eigenvalue weighted by molar-refractivity contribution is 5.95. The summed E-state index contributed by atoms with van der Waals surface area (Å²) in [5, 5.41) is 7.73. The number of para-hydroxylation sites is 2. The lowest BCUT2D eigenvalue weighted by molar-refractivity contribution is -0.881. The van der Waals surface area contributed by atoms with E-state index >= 15 is 0 Å². The number of benzene rings is 1. The largest absolute Gasteiger partial charge is 0.495 e. The number of carbonyl (C=O) groups excluding carboxylic acids is 3. The molecular formula is C18H29N4O4+.